The predicted octanol–water partition coefficient (Wildman–Crippen LogP) is 4.89. The fourth-order valence-electron chi connectivity index (χ4n) is 2.80. The molecule has 0 aliphatic rings. The average molecular weight is 475 g/mol. The Labute approximate surface area is 189 Å². The van der Waals surface area contributed by atoms with E-state index in [-0.39, 0.29) is 16.3 Å². The van der Waals surface area contributed by atoms with E-state index in [1.165, 1.54) is 43.5 Å². The van der Waals surface area contributed by atoms with E-state index in [0.717, 1.165) is 6.07 Å². The van der Waals surface area contributed by atoms with Gasteiger partial charge >= 0.3 is 0 Å². The van der Waals surface area contributed by atoms with Gasteiger partial charge in [0.05, 0.1) is 22.6 Å². The summed E-state index contributed by atoms with van der Waals surface area (Å²) < 4.78 is 33.0. The number of rotatable bonds is 8. The molecule has 2 N–H and O–H groups in total. The molecule has 0 atom stereocenters. The molecule has 166 valence electrons. The van der Waals surface area contributed by atoms with Crippen molar-refractivity contribution in [2.45, 2.75) is 11.8 Å². The van der Waals surface area contributed by atoms with E-state index in [2.05, 4.69) is 15.2 Å². The van der Waals surface area contributed by atoms with E-state index < -0.39 is 20.6 Å². The summed E-state index contributed by atoms with van der Waals surface area (Å²) in [6.45, 7) is 1.71. The summed E-state index contributed by atoms with van der Waals surface area (Å²) in [7, 11) is -2.53. The topological polar surface area (TPSA) is 123 Å². The second-order valence-corrected chi connectivity index (χ2v) is 8.68. The van der Waals surface area contributed by atoms with Crippen LogP contribution in [-0.2, 0) is 10.0 Å². The van der Waals surface area contributed by atoms with Crippen LogP contribution in [0.25, 0.3) is 0 Å². The van der Waals surface area contributed by atoms with Crippen molar-refractivity contribution in [1.82, 2.24) is 0 Å². The van der Waals surface area contributed by atoms with Gasteiger partial charge in [-0.1, -0.05) is 23.7 Å². The molecule has 3 aromatic carbocycles. The number of hydrazone groups is 1. The van der Waals surface area contributed by atoms with Crippen LogP contribution in [0.2, 0.25) is 5.02 Å². The molecule has 0 fully saturated rings. The minimum absolute atomic E-state index is 0.0368. The molecule has 0 heterocycles. The van der Waals surface area contributed by atoms with Gasteiger partial charge in [-0.05, 0) is 55.5 Å². The van der Waals surface area contributed by atoms with E-state index in [4.69, 9.17) is 16.3 Å². The molecule has 11 heteroatoms. The summed E-state index contributed by atoms with van der Waals surface area (Å²) in [4.78, 5) is 10.6. The number of hydrogen-bond acceptors (Lipinski definition) is 7. The van der Waals surface area contributed by atoms with Crippen LogP contribution in [0.1, 0.15) is 12.5 Å². The molecule has 32 heavy (non-hydrogen) atoms. The van der Waals surface area contributed by atoms with Gasteiger partial charge in [0.15, 0.2) is 0 Å². The van der Waals surface area contributed by atoms with Gasteiger partial charge in [0.1, 0.15) is 11.4 Å². The highest BCUT2D eigenvalue weighted by Gasteiger charge is 2.22. The molecule has 0 amide bonds. The van der Waals surface area contributed by atoms with E-state index in [0.29, 0.717) is 22.0 Å². The first-order chi connectivity index (χ1) is 15.2. The summed E-state index contributed by atoms with van der Waals surface area (Å²) in [5.74, 6) is 0.597. The Balaban J connectivity index is 1.89. The summed E-state index contributed by atoms with van der Waals surface area (Å²) in [6.07, 6.45) is 0. The third-order valence-corrected chi connectivity index (χ3v) is 6.04. The Kier molecular flexibility index (Phi) is 6.96. The van der Waals surface area contributed by atoms with E-state index in [1.54, 1.807) is 19.1 Å². The minimum atomic E-state index is -4.06. The van der Waals surface area contributed by atoms with Crippen molar-refractivity contribution in [3.63, 3.8) is 0 Å². The molecule has 0 spiro atoms. The number of ether oxygens (including phenoxy) is 1. The summed E-state index contributed by atoms with van der Waals surface area (Å²) >= 11 is 5.80. The predicted molar refractivity (Wildman–Crippen MR) is 124 cm³/mol. The number of nitro groups is 1. The number of nitro benzene ring substituents is 1. The van der Waals surface area contributed by atoms with Crippen molar-refractivity contribution < 1.29 is 18.1 Å². The fraction of sp³-hybridized carbons (Fsp3) is 0.0952. The standard InChI is InChI=1S/C21H19ClN4O5S/c1-14(18-5-3-4-6-21(18)31-2)23-24-19-12-11-17(13-20(19)26(27)28)32(29,30)25-16-9-7-15(22)8-10-16/h3-13,24-25H,1-2H3/b23-14-. The lowest BCUT2D eigenvalue weighted by Crippen LogP contribution is -2.13. The van der Waals surface area contributed by atoms with Crippen LogP contribution >= 0.6 is 11.6 Å². The molecule has 0 saturated heterocycles. The first-order valence-corrected chi connectivity index (χ1v) is 11.1. The highest BCUT2D eigenvalue weighted by molar-refractivity contribution is 7.92. The number of methoxy groups -OCH3 is 1. The molecule has 0 saturated carbocycles. The molecule has 3 aromatic rings. The number of benzene rings is 3. The molecule has 0 aliphatic carbocycles. The van der Waals surface area contributed by atoms with Gasteiger partial charge in [0.25, 0.3) is 15.7 Å². The molecule has 0 bridgehead atoms. The first kappa shape index (κ1) is 23.0. The van der Waals surface area contributed by atoms with Gasteiger partial charge in [0, 0.05) is 22.3 Å². The van der Waals surface area contributed by atoms with Gasteiger partial charge in [-0.15, -0.1) is 0 Å². The third kappa shape index (κ3) is 5.34. The Morgan fingerprint density at radius 1 is 1.09 bits per heavy atom. The van der Waals surface area contributed by atoms with Crippen LogP contribution in [0, 0.1) is 10.1 Å². The maximum atomic E-state index is 12.7. The average Bonchev–Trinajstić information content (AvgIpc) is 2.78. The minimum Gasteiger partial charge on any atom is -0.496 e. The number of halogens is 1. The summed E-state index contributed by atoms with van der Waals surface area (Å²) in [5.41, 5.74) is 3.74. The van der Waals surface area contributed by atoms with Crippen molar-refractivity contribution in [3.05, 3.63) is 87.4 Å². The molecule has 3 rings (SSSR count). The highest BCUT2D eigenvalue weighted by atomic mass is 35.5. The summed E-state index contributed by atoms with van der Waals surface area (Å²) in [6, 6.07) is 16.7. The van der Waals surface area contributed by atoms with Crippen LogP contribution < -0.4 is 14.9 Å². The van der Waals surface area contributed by atoms with Crippen molar-refractivity contribution in [2.24, 2.45) is 5.10 Å². The Hall–Kier alpha value is -3.63. The molecular weight excluding hydrogens is 456 g/mol. The highest BCUT2D eigenvalue weighted by Crippen LogP contribution is 2.29. The zero-order valence-electron chi connectivity index (χ0n) is 17.1. The SMILES string of the molecule is COc1ccccc1/C(C)=N\Nc1ccc(S(=O)(=O)Nc2ccc(Cl)cc2)cc1[N+](=O)[O-]. The molecule has 9 nitrogen and oxygen atoms in total. The second-order valence-electron chi connectivity index (χ2n) is 6.56. The van der Waals surface area contributed by atoms with Crippen molar-refractivity contribution in [1.29, 1.82) is 0 Å². The number of anilines is 2. The van der Waals surface area contributed by atoms with Gasteiger partial charge in [-0.25, -0.2) is 8.42 Å². The monoisotopic (exact) mass is 474 g/mol. The molecule has 0 aliphatic heterocycles. The van der Waals surface area contributed by atoms with Crippen LogP contribution in [0.4, 0.5) is 17.1 Å². The van der Waals surface area contributed by atoms with Crippen LogP contribution in [0.3, 0.4) is 0 Å². The van der Waals surface area contributed by atoms with E-state index >= 15 is 0 Å². The zero-order valence-corrected chi connectivity index (χ0v) is 18.6. The maximum absolute atomic E-state index is 12.7. The lowest BCUT2D eigenvalue weighted by molar-refractivity contribution is -0.384. The number of sulfonamides is 1. The Morgan fingerprint density at radius 2 is 1.78 bits per heavy atom. The fourth-order valence-corrected chi connectivity index (χ4v) is 4.01. The van der Waals surface area contributed by atoms with Gasteiger partial charge < -0.3 is 4.74 Å². The number of hydrogen-bond donors (Lipinski definition) is 2. The third-order valence-electron chi connectivity index (χ3n) is 4.41. The van der Waals surface area contributed by atoms with Crippen LogP contribution in [-0.4, -0.2) is 26.2 Å². The lowest BCUT2D eigenvalue weighted by Gasteiger charge is -2.10. The Morgan fingerprint density at radius 3 is 2.44 bits per heavy atom. The smallest absolute Gasteiger partial charge is 0.295 e. The van der Waals surface area contributed by atoms with Crippen molar-refractivity contribution in [2.75, 3.05) is 17.3 Å². The lowest BCUT2D eigenvalue weighted by atomic mass is 10.1. The van der Waals surface area contributed by atoms with E-state index in [9.17, 15) is 18.5 Å². The quantitative estimate of drug-likeness (QED) is 0.272. The van der Waals surface area contributed by atoms with Crippen molar-refractivity contribution >= 4 is 44.4 Å². The first-order valence-electron chi connectivity index (χ1n) is 9.22. The normalized spacial score (nSPS) is 11.7. The molecular formula is C21H19ClN4O5S. The van der Waals surface area contributed by atoms with Gasteiger partial charge in [-0.2, -0.15) is 5.10 Å². The van der Waals surface area contributed by atoms with E-state index in [1.807, 2.05) is 12.1 Å². The van der Waals surface area contributed by atoms with Gasteiger partial charge in [0.2, 0.25) is 0 Å². The largest absolute Gasteiger partial charge is 0.496 e. The van der Waals surface area contributed by atoms with Crippen molar-refractivity contribution in [3.8, 4) is 5.75 Å². The number of nitrogens with zero attached hydrogens (tertiary/aromatic N) is 2. The zero-order chi connectivity index (χ0) is 23.3. The number of para-hydroxylation sites is 1. The summed E-state index contributed by atoms with van der Waals surface area (Å²) in [5, 5.41) is 16.2. The van der Waals surface area contributed by atoms with Crippen LogP contribution in [0.5, 0.6) is 5.75 Å². The molecule has 0 radical (unpaired) electrons. The molecule has 0 unspecified atom stereocenters. The van der Waals surface area contributed by atoms with Gasteiger partial charge in [-0.3, -0.25) is 20.3 Å². The van der Waals surface area contributed by atoms with Crippen LogP contribution in [0.15, 0.2) is 76.7 Å². The second kappa shape index (κ2) is 9.67. The number of nitrogens with one attached hydrogen (secondary N) is 2. The Bertz CT molecular complexity index is 1280. The molecule has 0 aromatic heterocycles. The maximum Gasteiger partial charge on any atom is 0.295 e.